The molecule has 122 valence electrons. The highest BCUT2D eigenvalue weighted by molar-refractivity contribution is 7.89. The molecule has 1 aromatic rings. The summed E-state index contributed by atoms with van der Waals surface area (Å²) >= 11 is 6.00. The Hall–Kier alpha value is -1.11. The fourth-order valence-electron chi connectivity index (χ4n) is 1.80. The van der Waals surface area contributed by atoms with Crippen LogP contribution < -0.4 is 10.0 Å². The van der Waals surface area contributed by atoms with E-state index in [-0.39, 0.29) is 33.0 Å². The van der Waals surface area contributed by atoms with E-state index in [0.717, 1.165) is 19.3 Å². The Morgan fingerprint density at radius 1 is 1.36 bits per heavy atom. The van der Waals surface area contributed by atoms with Crippen LogP contribution in [0.15, 0.2) is 23.1 Å². The van der Waals surface area contributed by atoms with Gasteiger partial charge in [-0.1, -0.05) is 18.5 Å². The van der Waals surface area contributed by atoms with Crippen LogP contribution in [0.1, 0.15) is 50.4 Å². The van der Waals surface area contributed by atoms with E-state index in [1.165, 1.54) is 18.2 Å². The van der Waals surface area contributed by atoms with Crippen LogP contribution in [-0.2, 0) is 10.0 Å². The van der Waals surface area contributed by atoms with Crippen molar-refractivity contribution in [3.63, 3.8) is 0 Å². The van der Waals surface area contributed by atoms with Gasteiger partial charge in [0.1, 0.15) is 4.90 Å². The van der Waals surface area contributed by atoms with E-state index in [1.54, 1.807) is 0 Å². The predicted octanol–water partition coefficient (Wildman–Crippen LogP) is 2.70. The summed E-state index contributed by atoms with van der Waals surface area (Å²) in [7, 11) is -3.69. The maximum atomic E-state index is 12.3. The molecule has 1 fully saturated rings. The Balaban J connectivity index is 2.28. The highest BCUT2D eigenvalue weighted by Gasteiger charge is 2.30. The number of hydrogen-bond acceptors (Lipinski definition) is 3. The molecule has 0 unspecified atom stereocenters. The van der Waals surface area contributed by atoms with Crippen molar-refractivity contribution >= 4 is 27.5 Å². The smallest absolute Gasteiger partial charge is 0.251 e. The monoisotopic (exact) mass is 344 g/mol. The highest BCUT2D eigenvalue weighted by Crippen LogP contribution is 2.27. The van der Waals surface area contributed by atoms with Crippen molar-refractivity contribution < 1.29 is 13.2 Å². The largest absolute Gasteiger partial charge is 0.347 e. The summed E-state index contributed by atoms with van der Waals surface area (Å²) in [5.41, 5.74) is -0.0794. The zero-order valence-corrected chi connectivity index (χ0v) is 14.5. The molecule has 0 aliphatic heterocycles. The van der Waals surface area contributed by atoms with Gasteiger partial charge in [-0.2, -0.15) is 0 Å². The van der Waals surface area contributed by atoms with Crippen molar-refractivity contribution in [3.8, 4) is 0 Å². The van der Waals surface area contributed by atoms with Crippen LogP contribution in [0.5, 0.6) is 0 Å². The summed E-state index contributed by atoms with van der Waals surface area (Å²) in [5, 5.41) is 2.99. The van der Waals surface area contributed by atoms with Gasteiger partial charge in [0.2, 0.25) is 10.0 Å². The van der Waals surface area contributed by atoms with Crippen LogP contribution >= 0.6 is 11.6 Å². The highest BCUT2D eigenvalue weighted by atomic mass is 35.5. The summed E-state index contributed by atoms with van der Waals surface area (Å²) in [6, 6.07) is 4.28. The second kappa shape index (κ2) is 6.18. The number of sulfonamides is 1. The van der Waals surface area contributed by atoms with Crippen LogP contribution in [-0.4, -0.2) is 25.9 Å². The fourth-order valence-corrected chi connectivity index (χ4v) is 3.63. The molecule has 0 saturated heterocycles. The molecule has 5 nitrogen and oxygen atoms in total. The molecule has 0 atom stereocenters. The molecule has 2 rings (SSSR count). The van der Waals surface area contributed by atoms with Gasteiger partial charge < -0.3 is 5.32 Å². The quantitative estimate of drug-likeness (QED) is 0.833. The lowest BCUT2D eigenvalue weighted by Gasteiger charge is -2.24. The summed E-state index contributed by atoms with van der Waals surface area (Å²) in [6.07, 6.45) is 2.43. The summed E-state index contributed by atoms with van der Waals surface area (Å²) in [5.74, 6) is -0.314. The van der Waals surface area contributed by atoms with Gasteiger partial charge in [-0.05, 0) is 51.3 Å². The van der Waals surface area contributed by atoms with Crippen molar-refractivity contribution in [2.45, 2.75) is 56.5 Å². The van der Waals surface area contributed by atoms with Gasteiger partial charge in [-0.15, -0.1) is 0 Å². The van der Waals surface area contributed by atoms with Crippen LogP contribution in [0, 0.1) is 0 Å². The Labute approximate surface area is 136 Å². The maximum Gasteiger partial charge on any atom is 0.251 e. The first-order valence-electron chi connectivity index (χ1n) is 7.29. The molecule has 0 spiro atoms. The van der Waals surface area contributed by atoms with Crippen LogP contribution in [0.2, 0.25) is 5.02 Å². The number of halogens is 1. The van der Waals surface area contributed by atoms with E-state index in [0.29, 0.717) is 0 Å². The second-order valence-corrected chi connectivity index (χ2v) is 8.32. The number of amides is 1. The number of nitrogens with one attached hydrogen (secondary N) is 2. The summed E-state index contributed by atoms with van der Waals surface area (Å²) < 4.78 is 27.2. The molecular formula is C15H21ClN2O3S. The lowest BCUT2D eigenvalue weighted by atomic mass is 10.0. The SMILES string of the molecule is CCC(C)(C)NC(=O)c1ccc(Cl)c(S(=O)(=O)NC2CC2)c1. The van der Waals surface area contributed by atoms with E-state index in [4.69, 9.17) is 11.6 Å². The molecule has 1 aromatic carbocycles. The molecule has 2 N–H and O–H groups in total. The van der Waals surface area contributed by atoms with Crippen molar-refractivity contribution in [1.82, 2.24) is 10.0 Å². The number of benzene rings is 1. The topological polar surface area (TPSA) is 75.3 Å². The van der Waals surface area contributed by atoms with E-state index in [9.17, 15) is 13.2 Å². The average Bonchev–Trinajstić information content (AvgIpc) is 3.21. The molecule has 1 saturated carbocycles. The van der Waals surface area contributed by atoms with Gasteiger partial charge in [-0.25, -0.2) is 13.1 Å². The molecule has 0 bridgehead atoms. The Bertz CT molecular complexity index is 682. The Morgan fingerprint density at radius 3 is 2.55 bits per heavy atom. The molecule has 0 radical (unpaired) electrons. The third-order valence-electron chi connectivity index (χ3n) is 3.72. The zero-order chi connectivity index (χ0) is 16.5. The van der Waals surface area contributed by atoms with Crippen molar-refractivity contribution in [1.29, 1.82) is 0 Å². The minimum absolute atomic E-state index is 0.0161. The van der Waals surface area contributed by atoms with Crippen LogP contribution in [0.25, 0.3) is 0 Å². The van der Waals surface area contributed by atoms with E-state index >= 15 is 0 Å². The Kier molecular flexibility index (Phi) is 4.84. The van der Waals surface area contributed by atoms with Gasteiger partial charge in [0.25, 0.3) is 5.91 Å². The van der Waals surface area contributed by atoms with E-state index in [2.05, 4.69) is 10.0 Å². The fraction of sp³-hybridized carbons (Fsp3) is 0.533. The van der Waals surface area contributed by atoms with Gasteiger partial charge >= 0.3 is 0 Å². The number of rotatable bonds is 6. The van der Waals surface area contributed by atoms with Gasteiger partial charge in [0.05, 0.1) is 5.02 Å². The third kappa shape index (κ3) is 4.21. The molecule has 7 heteroatoms. The van der Waals surface area contributed by atoms with E-state index < -0.39 is 10.0 Å². The average molecular weight is 345 g/mol. The van der Waals surface area contributed by atoms with E-state index in [1.807, 2.05) is 20.8 Å². The first-order chi connectivity index (χ1) is 10.1. The Morgan fingerprint density at radius 2 is 2.00 bits per heavy atom. The third-order valence-corrected chi connectivity index (χ3v) is 5.72. The number of carbonyl (C=O) groups excluding carboxylic acids is 1. The van der Waals surface area contributed by atoms with Crippen molar-refractivity contribution in [2.24, 2.45) is 0 Å². The van der Waals surface area contributed by atoms with Gasteiger partial charge in [0.15, 0.2) is 0 Å². The molecule has 1 aliphatic rings. The molecule has 1 amide bonds. The molecule has 0 heterocycles. The van der Waals surface area contributed by atoms with Crippen LogP contribution in [0.3, 0.4) is 0 Å². The molecular weight excluding hydrogens is 324 g/mol. The van der Waals surface area contributed by atoms with Gasteiger partial charge in [-0.3, -0.25) is 4.79 Å². The lowest BCUT2D eigenvalue weighted by Crippen LogP contribution is -2.42. The normalized spacial score (nSPS) is 15.6. The summed E-state index contributed by atoms with van der Waals surface area (Å²) in [4.78, 5) is 12.2. The molecule has 1 aliphatic carbocycles. The second-order valence-electron chi connectivity index (χ2n) is 6.23. The van der Waals surface area contributed by atoms with Gasteiger partial charge in [0, 0.05) is 17.1 Å². The minimum atomic E-state index is -3.69. The number of carbonyl (C=O) groups is 1. The van der Waals surface area contributed by atoms with Crippen molar-refractivity contribution in [2.75, 3.05) is 0 Å². The lowest BCUT2D eigenvalue weighted by molar-refractivity contribution is 0.0911. The van der Waals surface area contributed by atoms with Crippen molar-refractivity contribution in [3.05, 3.63) is 28.8 Å². The molecule has 22 heavy (non-hydrogen) atoms. The minimum Gasteiger partial charge on any atom is -0.347 e. The first-order valence-corrected chi connectivity index (χ1v) is 9.15. The number of hydrogen-bond donors (Lipinski definition) is 2. The standard InChI is InChI=1S/C15H21ClN2O3S/c1-4-15(2,3)17-14(19)10-5-8-12(16)13(9-10)22(20,21)18-11-6-7-11/h5,8-9,11,18H,4,6-7H2,1-3H3,(H,17,19). The maximum absolute atomic E-state index is 12.3. The molecule has 0 aromatic heterocycles. The summed E-state index contributed by atoms with van der Waals surface area (Å²) in [6.45, 7) is 5.79. The zero-order valence-electron chi connectivity index (χ0n) is 12.9. The van der Waals surface area contributed by atoms with Crippen LogP contribution in [0.4, 0.5) is 0 Å². The predicted molar refractivity (Wildman–Crippen MR) is 86.6 cm³/mol. The first kappa shape index (κ1) is 17.2.